The summed E-state index contributed by atoms with van der Waals surface area (Å²) in [7, 11) is 1.32. The van der Waals surface area contributed by atoms with Gasteiger partial charge in [0.2, 0.25) is 5.78 Å². The molecular weight excluding hydrogens is 571 g/mol. The van der Waals surface area contributed by atoms with Gasteiger partial charge in [-0.2, -0.15) is 0 Å². The van der Waals surface area contributed by atoms with Crippen molar-refractivity contribution in [3.8, 4) is 5.75 Å². The Hall–Kier alpha value is -2.75. The van der Waals surface area contributed by atoms with Gasteiger partial charge in [-0.3, -0.25) is 24.2 Å². The van der Waals surface area contributed by atoms with Crippen LogP contribution in [0, 0.1) is 5.41 Å². The fourth-order valence-electron chi connectivity index (χ4n) is 4.63. The van der Waals surface area contributed by atoms with Crippen LogP contribution in [0.1, 0.15) is 54.4 Å². The number of hydrogen-bond donors (Lipinski definition) is 0. The minimum Gasteiger partial charge on any atom is -0.460 e. The second kappa shape index (κ2) is 14.9. The first-order chi connectivity index (χ1) is 19.1. The predicted molar refractivity (Wildman–Crippen MR) is 160 cm³/mol. The van der Waals surface area contributed by atoms with Crippen LogP contribution in [-0.2, 0) is 28.7 Å². The minimum absolute atomic E-state index is 0.0544. The van der Waals surface area contributed by atoms with Gasteiger partial charge in [0, 0.05) is 54.2 Å². The number of allylic oxidation sites excluding steroid dienone is 1. The first-order valence-electron chi connectivity index (χ1n) is 13.4. The maximum absolute atomic E-state index is 13.6. The van der Waals surface area contributed by atoms with E-state index in [-0.39, 0.29) is 36.2 Å². The number of esters is 2. The number of anilines is 1. The fourth-order valence-corrected chi connectivity index (χ4v) is 5.03. The fraction of sp³-hybridized carbons (Fsp3) is 0.567. The number of methoxy groups -OCH3 is 1. The van der Waals surface area contributed by atoms with Gasteiger partial charge in [-0.15, -0.1) is 23.2 Å². The van der Waals surface area contributed by atoms with Crippen molar-refractivity contribution in [1.29, 1.82) is 0 Å². The number of hydrogen-bond acceptors (Lipinski definition) is 9. The molecule has 1 aliphatic carbocycles. The molecule has 9 nitrogen and oxygen atoms in total. The van der Waals surface area contributed by atoms with Crippen molar-refractivity contribution in [2.45, 2.75) is 66.1 Å². The number of ketones is 2. The quantitative estimate of drug-likeness (QED) is 0.175. The SMILES string of the molecule is COC1C(=O)C(C)=C(C(C)(C)CC(=O)Oc2ccc(N(CCCl)CCCl)cc2)C(=O)C1=NCCC(=O)OC(C)(C)C. The molecule has 1 unspecified atom stereocenters. The van der Waals surface area contributed by atoms with Crippen LogP contribution >= 0.6 is 23.2 Å². The summed E-state index contributed by atoms with van der Waals surface area (Å²) in [5.41, 5.74) is -0.554. The van der Waals surface area contributed by atoms with E-state index < -0.39 is 40.6 Å². The van der Waals surface area contributed by atoms with Crippen molar-refractivity contribution in [2.75, 3.05) is 43.4 Å². The molecule has 2 rings (SSSR count). The maximum Gasteiger partial charge on any atom is 0.312 e. The molecule has 1 aromatic rings. The molecule has 0 amide bonds. The molecule has 1 aliphatic rings. The summed E-state index contributed by atoms with van der Waals surface area (Å²) < 4.78 is 16.2. The number of rotatable bonds is 13. The summed E-state index contributed by atoms with van der Waals surface area (Å²) in [5.74, 6) is -0.737. The van der Waals surface area contributed by atoms with E-state index in [1.165, 1.54) is 14.0 Å². The number of benzene rings is 1. The summed E-state index contributed by atoms with van der Waals surface area (Å²) in [4.78, 5) is 58.2. The second-order valence-corrected chi connectivity index (χ2v) is 12.1. The molecule has 0 saturated carbocycles. The van der Waals surface area contributed by atoms with Gasteiger partial charge in [-0.25, -0.2) is 0 Å². The Balaban J connectivity index is 2.20. The molecule has 226 valence electrons. The van der Waals surface area contributed by atoms with E-state index >= 15 is 0 Å². The van der Waals surface area contributed by atoms with Gasteiger partial charge in [0.05, 0.1) is 19.4 Å². The Morgan fingerprint density at radius 1 is 0.976 bits per heavy atom. The molecule has 0 heterocycles. The lowest BCUT2D eigenvalue weighted by Crippen LogP contribution is -2.46. The van der Waals surface area contributed by atoms with Crippen LogP contribution in [0.25, 0.3) is 0 Å². The average Bonchev–Trinajstić information content (AvgIpc) is 2.86. The lowest BCUT2D eigenvalue weighted by Gasteiger charge is -2.33. The van der Waals surface area contributed by atoms with E-state index in [9.17, 15) is 19.2 Å². The third-order valence-electron chi connectivity index (χ3n) is 6.35. The van der Waals surface area contributed by atoms with Crippen molar-refractivity contribution in [2.24, 2.45) is 10.4 Å². The molecule has 0 bridgehead atoms. The largest absolute Gasteiger partial charge is 0.460 e. The van der Waals surface area contributed by atoms with E-state index in [0.717, 1.165) is 5.69 Å². The molecule has 0 saturated heterocycles. The first kappa shape index (κ1) is 34.5. The number of alkyl halides is 2. The van der Waals surface area contributed by atoms with Crippen molar-refractivity contribution < 1.29 is 33.4 Å². The van der Waals surface area contributed by atoms with Gasteiger partial charge in [0.25, 0.3) is 0 Å². The van der Waals surface area contributed by atoms with Gasteiger partial charge in [-0.05, 0) is 52.0 Å². The van der Waals surface area contributed by atoms with Crippen molar-refractivity contribution in [3.63, 3.8) is 0 Å². The molecular formula is C30H40Cl2N2O7. The van der Waals surface area contributed by atoms with Crippen LogP contribution in [0.2, 0.25) is 0 Å². The van der Waals surface area contributed by atoms with Crippen LogP contribution in [0.3, 0.4) is 0 Å². The van der Waals surface area contributed by atoms with Crippen molar-refractivity contribution in [3.05, 3.63) is 35.4 Å². The highest BCUT2D eigenvalue weighted by Gasteiger charge is 2.45. The monoisotopic (exact) mass is 610 g/mol. The molecule has 0 aromatic heterocycles. The van der Waals surface area contributed by atoms with E-state index in [1.54, 1.807) is 46.8 Å². The van der Waals surface area contributed by atoms with E-state index in [4.69, 9.17) is 37.4 Å². The van der Waals surface area contributed by atoms with Crippen molar-refractivity contribution >= 4 is 58.1 Å². The van der Waals surface area contributed by atoms with Gasteiger partial charge in [0.15, 0.2) is 11.9 Å². The molecule has 0 fully saturated rings. The summed E-state index contributed by atoms with van der Waals surface area (Å²) >= 11 is 11.8. The van der Waals surface area contributed by atoms with Gasteiger partial charge >= 0.3 is 11.9 Å². The Morgan fingerprint density at radius 2 is 1.56 bits per heavy atom. The summed E-state index contributed by atoms with van der Waals surface area (Å²) in [6, 6.07) is 6.98. The lowest BCUT2D eigenvalue weighted by atomic mass is 9.71. The Kier molecular flexibility index (Phi) is 12.5. The molecule has 11 heteroatoms. The summed E-state index contributed by atoms with van der Waals surface area (Å²) in [6.07, 6.45) is -1.43. The average molecular weight is 612 g/mol. The standard InChI is InChI=1S/C30H40Cl2N2O7/c1-19-24(27(38)25(28(39-7)26(19)37)33-15-12-22(35)41-29(2,3)4)30(5,6)18-23(36)40-21-10-8-20(9-11-21)34(16-13-31)17-14-32/h8-11,28H,12-18H2,1-7H3. The smallest absolute Gasteiger partial charge is 0.312 e. The summed E-state index contributed by atoms with van der Waals surface area (Å²) in [6.45, 7) is 11.4. The van der Waals surface area contributed by atoms with Crippen LogP contribution < -0.4 is 9.64 Å². The number of Topliss-reactive ketones (excluding diaryl/α,β-unsaturated/α-hetero) is 2. The highest BCUT2D eigenvalue weighted by Crippen LogP contribution is 2.37. The Labute approximate surface area is 252 Å². The first-order valence-corrected chi connectivity index (χ1v) is 14.5. The normalized spacial score (nSPS) is 17.2. The van der Waals surface area contributed by atoms with Gasteiger partial charge in [0.1, 0.15) is 17.1 Å². The molecule has 0 N–H and O–H groups in total. The summed E-state index contributed by atoms with van der Waals surface area (Å²) in [5, 5.41) is 0. The van der Waals surface area contributed by atoms with Gasteiger partial charge in [-0.1, -0.05) is 13.8 Å². The van der Waals surface area contributed by atoms with E-state index in [2.05, 4.69) is 4.99 Å². The Bertz CT molecular complexity index is 1180. The molecule has 1 aromatic carbocycles. The maximum atomic E-state index is 13.6. The molecule has 0 spiro atoms. The zero-order valence-electron chi connectivity index (χ0n) is 24.8. The minimum atomic E-state index is -1.19. The Morgan fingerprint density at radius 3 is 2.07 bits per heavy atom. The predicted octanol–water partition coefficient (Wildman–Crippen LogP) is 4.95. The molecule has 41 heavy (non-hydrogen) atoms. The number of aliphatic imine (C=N–C) groups is 1. The van der Waals surface area contributed by atoms with Crippen LogP contribution in [-0.4, -0.2) is 79.4 Å². The van der Waals surface area contributed by atoms with E-state index in [1.807, 2.05) is 17.0 Å². The lowest BCUT2D eigenvalue weighted by molar-refractivity contribution is -0.154. The van der Waals surface area contributed by atoms with Crippen molar-refractivity contribution in [1.82, 2.24) is 0 Å². The van der Waals surface area contributed by atoms with Crippen LogP contribution in [0.4, 0.5) is 5.69 Å². The zero-order chi connectivity index (χ0) is 31.0. The topological polar surface area (TPSA) is 112 Å². The van der Waals surface area contributed by atoms with E-state index in [0.29, 0.717) is 30.6 Å². The molecule has 1 atom stereocenters. The molecule has 0 radical (unpaired) electrons. The number of carbonyl (C=O) groups excluding carboxylic acids is 4. The highest BCUT2D eigenvalue weighted by atomic mass is 35.5. The number of halogens is 2. The molecule has 0 aliphatic heterocycles. The zero-order valence-corrected chi connectivity index (χ0v) is 26.4. The number of nitrogens with zero attached hydrogens (tertiary/aromatic N) is 2. The third-order valence-corrected chi connectivity index (χ3v) is 6.69. The van der Waals surface area contributed by atoms with Crippen LogP contribution in [0.15, 0.2) is 40.4 Å². The number of ether oxygens (including phenoxy) is 3. The van der Waals surface area contributed by atoms with Crippen LogP contribution in [0.5, 0.6) is 5.75 Å². The second-order valence-electron chi connectivity index (χ2n) is 11.3. The third kappa shape index (κ3) is 9.65. The highest BCUT2D eigenvalue weighted by molar-refractivity contribution is 6.54. The van der Waals surface area contributed by atoms with Gasteiger partial charge < -0.3 is 19.1 Å². The number of carbonyl (C=O) groups is 4.